The molecule has 0 amide bonds. The summed E-state index contributed by atoms with van der Waals surface area (Å²) in [5, 5.41) is 2.44. The predicted molar refractivity (Wildman–Crippen MR) is 104 cm³/mol. The van der Waals surface area contributed by atoms with E-state index in [1.807, 2.05) is 0 Å². The summed E-state index contributed by atoms with van der Waals surface area (Å²) in [7, 11) is 0. The van der Waals surface area contributed by atoms with Crippen molar-refractivity contribution in [3.63, 3.8) is 0 Å². The Morgan fingerprint density at radius 3 is 2.17 bits per heavy atom. The molecule has 4 aromatic rings. The van der Waals surface area contributed by atoms with E-state index in [1.54, 1.807) is 0 Å². The van der Waals surface area contributed by atoms with Crippen LogP contribution in [0, 0.1) is 27.7 Å². The number of aryl methyl sites for hydroxylation is 4. The van der Waals surface area contributed by atoms with E-state index in [0.717, 1.165) is 11.0 Å². The molecule has 0 saturated carbocycles. The van der Waals surface area contributed by atoms with Gasteiger partial charge in [-0.15, -0.1) is 0 Å². The second-order valence-electron chi connectivity index (χ2n) is 6.81. The van der Waals surface area contributed by atoms with E-state index in [4.69, 9.17) is 4.98 Å². The van der Waals surface area contributed by atoms with Gasteiger partial charge in [0.15, 0.2) is 0 Å². The summed E-state index contributed by atoms with van der Waals surface area (Å²) in [6.07, 6.45) is 0. The predicted octanol–water partition coefficient (Wildman–Crippen LogP) is 6.29. The third-order valence-electron chi connectivity index (χ3n) is 4.95. The first-order valence-electron chi connectivity index (χ1n) is 8.41. The lowest BCUT2D eigenvalue weighted by atomic mass is 9.93. The Morgan fingerprint density at radius 1 is 0.625 bits per heavy atom. The Hall–Kier alpha value is -2.67. The van der Waals surface area contributed by atoms with Gasteiger partial charge in [0, 0.05) is 10.8 Å². The molecule has 0 fully saturated rings. The Kier molecular flexibility index (Phi) is 3.38. The highest BCUT2D eigenvalue weighted by Gasteiger charge is 2.10. The Balaban J connectivity index is 2.09. The Bertz CT molecular complexity index is 1090. The molecule has 0 atom stereocenters. The van der Waals surface area contributed by atoms with Crippen LogP contribution in [-0.4, -0.2) is 4.98 Å². The number of aromatic nitrogens is 1. The molecule has 0 radical (unpaired) electrons. The number of rotatable bonds is 1. The van der Waals surface area contributed by atoms with Gasteiger partial charge in [-0.25, -0.2) is 4.98 Å². The molecule has 0 aliphatic rings. The van der Waals surface area contributed by atoms with Gasteiger partial charge in [-0.2, -0.15) is 0 Å². The number of benzene rings is 3. The molecule has 1 aromatic heterocycles. The third kappa shape index (κ3) is 2.37. The molecule has 0 unspecified atom stereocenters. The van der Waals surface area contributed by atoms with Gasteiger partial charge in [0.05, 0.1) is 11.0 Å². The highest BCUT2D eigenvalue weighted by molar-refractivity contribution is 6.02. The molecular weight excluding hydrogens is 290 g/mol. The monoisotopic (exact) mass is 311 g/mol. The van der Waals surface area contributed by atoms with Gasteiger partial charge in [0.1, 0.15) is 0 Å². The topological polar surface area (TPSA) is 12.9 Å². The number of hydrogen-bond acceptors (Lipinski definition) is 1. The van der Waals surface area contributed by atoms with E-state index in [2.05, 4.69) is 82.3 Å². The first-order valence-corrected chi connectivity index (χ1v) is 8.41. The maximum Gasteiger partial charge on any atom is 0.0716 e. The zero-order chi connectivity index (χ0) is 16.8. The lowest BCUT2D eigenvalue weighted by Crippen LogP contribution is -1.91. The molecule has 1 heteroatoms. The van der Waals surface area contributed by atoms with Gasteiger partial charge in [-0.1, -0.05) is 35.9 Å². The lowest BCUT2D eigenvalue weighted by molar-refractivity contribution is 1.34. The minimum absolute atomic E-state index is 1.06. The standard InChI is InChI=1S/C23H21N/c1-14-5-9-21-19(11-14)13-20-22(24-21)10-7-16(3)23(20)18-8-6-15(2)17(4)12-18/h5-13H,1-4H3. The van der Waals surface area contributed by atoms with Gasteiger partial charge < -0.3 is 0 Å². The molecule has 3 aromatic carbocycles. The number of nitrogens with zero attached hydrogens (tertiary/aromatic N) is 1. The van der Waals surface area contributed by atoms with Crippen molar-refractivity contribution in [2.75, 3.05) is 0 Å². The lowest BCUT2D eigenvalue weighted by Gasteiger charge is -2.13. The largest absolute Gasteiger partial charge is 0.248 e. The summed E-state index contributed by atoms with van der Waals surface area (Å²) in [5.41, 5.74) is 9.91. The average Bonchev–Trinajstić information content (AvgIpc) is 2.56. The highest BCUT2D eigenvalue weighted by atomic mass is 14.7. The maximum atomic E-state index is 4.89. The SMILES string of the molecule is Cc1ccc2nc3ccc(C)c(-c4ccc(C)c(C)c4)c3cc2c1. The summed E-state index contributed by atoms with van der Waals surface area (Å²) in [6.45, 7) is 8.65. The number of pyridine rings is 1. The molecular formula is C23H21N. The van der Waals surface area contributed by atoms with Crippen molar-refractivity contribution in [2.24, 2.45) is 0 Å². The second-order valence-corrected chi connectivity index (χ2v) is 6.81. The second kappa shape index (κ2) is 5.45. The summed E-state index contributed by atoms with van der Waals surface area (Å²) in [4.78, 5) is 4.89. The van der Waals surface area contributed by atoms with Gasteiger partial charge in [0.25, 0.3) is 0 Å². The normalized spacial score (nSPS) is 11.3. The van der Waals surface area contributed by atoms with Crippen molar-refractivity contribution >= 4 is 21.8 Å². The van der Waals surface area contributed by atoms with Gasteiger partial charge in [-0.05, 0) is 79.8 Å². The summed E-state index contributed by atoms with van der Waals surface area (Å²) in [5.74, 6) is 0. The van der Waals surface area contributed by atoms with Crippen molar-refractivity contribution in [1.29, 1.82) is 0 Å². The van der Waals surface area contributed by atoms with Crippen LogP contribution < -0.4 is 0 Å². The number of hydrogen-bond donors (Lipinski definition) is 0. The molecule has 0 aliphatic carbocycles. The molecule has 0 bridgehead atoms. The Labute approximate surface area is 143 Å². The van der Waals surface area contributed by atoms with Crippen LogP contribution in [0.25, 0.3) is 32.9 Å². The van der Waals surface area contributed by atoms with Crippen LogP contribution in [0.5, 0.6) is 0 Å². The maximum absolute atomic E-state index is 4.89. The smallest absolute Gasteiger partial charge is 0.0716 e. The molecule has 0 aliphatic heterocycles. The van der Waals surface area contributed by atoms with Crippen LogP contribution >= 0.6 is 0 Å². The van der Waals surface area contributed by atoms with Crippen LogP contribution in [0.2, 0.25) is 0 Å². The van der Waals surface area contributed by atoms with Crippen LogP contribution in [0.3, 0.4) is 0 Å². The Morgan fingerprint density at radius 2 is 1.38 bits per heavy atom. The van der Waals surface area contributed by atoms with Crippen molar-refractivity contribution in [3.8, 4) is 11.1 Å². The minimum Gasteiger partial charge on any atom is -0.248 e. The fraction of sp³-hybridized carbons (Fsp3) is 0.174. The van der Waals surface area contributed by atoms with Crippen LogP contribution in [0.1, 0.15) is 22.3 Å². The highest BCUT2D eigenvalue weighted by Crippen LogP contribution is 2.34. The zero-order valence-electron chi connectivity index (χ0n) is 14.6. The fourth-order valence-corrected chi connectivity index (χ4v) is 3.42. The molecule has 24 heavy (non-hydrogen) atoms. The molecule has 0 spiro atoms. The van der Waals surface area contributed by atoms with Crippen LogP contribution in [0.15, 0.2) is 54.6 Å². The quantitative estimate of drug-likeness (QED) is 0.376. The van der Waals surface area contributed by atoms with Gasteiger partial charge in [-0.3, -0.25) is 0 Å². The molecule has 1 heterocycles. The summed E-state index contributed by atoms with van der Waals surface area (Å²) < 4.78 is 0. The summed E-state index contributed by atoms with van der Waals surface area (Å²) >= 11 is 0. The fourth-order valence-electron chi connectivity index (χ4n) is 3.42. The molecule has 4 rings (SSSR count). The van der Waals surface area contributed by atoms with Gasteiger partial charge in [0.2, 0.25) is 0 Å². The molecule has 0 saturated heterocycles. The van der Waals surface area contributed by atoms with E-state index < -0.39 is 0 Å². The van der Waals surface area contributed by atoms with Crippen molar-refractivity contribution in [2.45, 2.75) is 27.7 Å². The summed E-state index contributed by atoms with van der Waals surface area (Å²) in [6, 6.07) is 19.8. The average molecular weight is 311 g/mol. The first kappa shape index (κ1) is 14.9. The zero-order valence-corrected chi connectivity index (χ0v) is 14.6. The van der Waals surface area contributed by atoms with Crippen molar-refractivity contribution in [3.05, 3.63) is 76.9 Å². The first-order chi connectivity index (χ1) is 11.5. The third-order valence-corrected chi connectivity index (χ3v) is 4.95. The van der Waals surface area contributed by atoms with E-state index in [1.165, 1.54) is 44.2 Å². The van der Waals surface area contributed by atoms with E-state index in [9.17, 15) is 0 Å². The molecule has 0 N–H and O–H groups in total. The molecule has 118 valence electrons. The minimum atomic E-state index is 1.06. The van der Waals surface area contributed by atoms with Crippen LogP contribution in [0.4, 0.5) is 0 Å². The van der Waals surface area contributed by atoms with Crippen molar-refractivity contribution < 1.29 is 0 Å². The van der Waals surface area contributed by atoms with E-state index >= 15 is 0 Å². The van der Waals surface area contributed by atoms with Crippen molar-refractivity contribution in [1.82, 2.24) is 4.98 Å². The van der Waals surface area contributed by atoms with Crippen LogP contribution in [-0.2, 0) is 0 Å². The van der Waals surface area contributed by atoms with Gasteiger partial charge >= 0.3 is 0 Å². The van der Waals surface area contributed by atoms with E-state index in [-0.39, 0.29) is 0 Å². The number of fused-ring (bicyclic) bond motifs is 2. The molecule has 1 nitrogen and oxygen atoms in total. The van der Waals surface area contributed by atoms with E-state index in [0.29, 0.717) is 0 Å².